The van der Waals surface area contributed by atoms with Crippen LogP contribution in [0, 0.1) is 0 Å². The highest BCUT2D eigenvalue weighted by Crippen LogP contribution is 2.16. The zero-order valence-electron chi connectivity index (χ0n) is 15.0. The van der Waals surface area contributed by atoms with Gasteiger partial charge in [0.2, 0.25) is 5.91 Å². The topological polar surface area (TPSA) is 98.8 Å². The fourth-order valence-corrected chi connectivity index (χ4v) is 5.05. The van der Waals surface area contributed by atoms with Gasteiger partial charge >= 0.3 is 0 Å². The van der Waals surface area contributed by atoms with Crippen molar-refractivity contribution in [1.82, 2.24) is 23.5 Å². The number of ether oxygens (including phenoxy) is 1. The van der Waals surface area contributed by atoms with Crippen molar-refractivity contribution in [3.8, 4) is 0 Å². The van der Waals surface area contributed by atoms with Gasteiger partial charge in [-0.05, 0) is 17.7 Å². The molecule has 0 saturated carbocycles. The molecule has 1 aromatic carbocycles. The maximum atomic E-state index is 12.7. The molecule has 27 heavy (non-hydrogen) atoms. The molecule has 10 heteroatoms. The lowest BCUT2D eigenvalue weighted by Crippen LogP contribution is -2.56. The number of rotatable bonds is 4. The molecule has 1 amide bonds. The number of aromatic nitrogens is 2. The first-order valence-electron chi connectivity index (χ1n) is 9.07. The van der Waals surface area contributed by atoms with Gasteiger partial charge in [0.25, 0.3) is 10.2 Å². The summed E-state index contributed by atoms with van der Waals surface area (Å²) in [5.74, 6) is 0.0114. The summed E-state index contributed by atoms with van der Waals surface area (Å²) in [6.07, 6.45) is 1.93. The molecule has 0 bridgehead atoms. The average Bonchev–Trinajstić information content (AvgIpc) is 3.16. The SMILES string of the molecule is O=C(Cc1ccc2nc[nH]c2c1)N1CCN(S(=O)(=O)N2CCOCC2)CC1. The molecule has 0 aliphatic carbocycles. The van der Waals surface area contributed by atoms with Crippen molar-refractivity contribution in [2.75, 3.05) is 52.5 Å². The van der Waals surface area contributed by atoms with Gasteiger partial charge in [0.05, 0.1) is 37.0 Å². The second kappa shape index (κ2) is 7.55. The number of aromatic amines is 1. The number of fused-ring (bicyclic) bond motifs is 1. The van der Waals surface area contributed by atoms with Crippen LogP contribution in [-0.2, 0) is 26.2 Å². The Morgan fingerprint density at radius 3 is 2.52 bits per heavy atom. The molecule has 2 saturated heterocycles. The number of nitrogens with zero attached hydrogens (tertiary/aromatic N) is 4. The molecule has 2 aliphatic heterocycles. The lowest BCUT2D eigenvalue weighted by atomic mass is 10.1. The molecule has 2 aliphatic rings. The average molecular weight is 393 g/mol. The van der Waals surface area contributed by atoms with E-state index in [9.17, 15) is 13.2 Å². The minimum Gasteiger partial charge on any atom is -0.379 e. The number of hydrogen-bond donors (Lipinski definition) is 1. The van der Waals surface area contributed by atoms with E-state index in [1.165, 1.54) is 8.61 Å². The quantitative estimate of drug-likeness (QED) is 0.777. The highest BCUT2D eigenvalue weighted by molar-refractivity contribution is 7.86. The predicted octanol–water partition coefficient (Wildman–Crippen LogP) is -0.173. The van der Waals surface area contributed by atoms with Crippen LogP contribution in [-0.4, -0.2) is 90.3 Å². The van der Waals surface area contributed by atoms with Crippen molar-refractivity contribution in [3.63, 3.8) is 0 Å². The van der Waals surface area contributed by atoms with E-state index in [1.807, 2.05) is 18.2 Å². The number of benzene rings is 1. The standard InChI is InChI=1S/C17H23N5O4S/c23-17(12-14-1-2-15-16(11-14)19-13-18-15)20-3-5-21(6-4-20)27(24,25)22-7-9-26-10-8-22/h1-2,11,13H,3-10,12H2,(H,18,19). The van der Waals surface area contributed by atoms with Crippen molar-refractivity contribution in [2.24, 2.45) is 0 Å². The van der Waals surface area contributed by atoms with Gasteiger partial charge in [-0.15, -0.1) is 0 Å². The maximum Gasteiger partial charge on any atom is 0.282 e. The second-order valence-corrected chi connectivity index (χ2v) is 8.66. The van der Waals surface area contributed by atoms with Crippen molar-refractivity contribution >= 4 is 27.1 Å². The molecule has 3 heterocycles. The fraction of sp³-hybridized carbons (Fsp3) is 0.529. The van der Waals surface area contributed by atoms with E-state index in [1.54, 1.807) is 11.2 Å². The van der Waals surface area contributed by atoms with Gasteiger partial charge in [-0.25, -0.2) is 4.98 Å². The number of morpholine rings is 1. The number of carbonyl (C=O) groups excluding carboxylic acids is 1. The zero-order valence-corrected chi connectivity index (χ0v) is 15.8. The molecular weight excluding hydrogens is 370 g/mol. The monoisotopic (exact) mass is 393 g/mol. The van der Waals surface area contributed by atoms with Gasteiger partial charge in [-0.3, -0.25) is 4.79 Å². The van der Waals surface area contributed by atoms with E-state index < -0.39 is 10.2 Å². The summed E-state index contributed by atoms with van der Waals surface area (Å²) >= 11 is 0. The third-order valence-corrected chi connectivity index (χ3v) is 7.09. The van der Waals surface area contributed by atoms with Gasteiger partial charge in [-0.1, -0.05) is 6.07 Å². The van der Waals surface area contributed by atoms with Crippen LogP contribution in [0.5, 0.6) is 0 Å². The summed E-state index contributed by atoms with van der Waals surface area (Å²) in [5, 5.41) is 0. The van der Waals surface area contributed by atoms with E-state index in [2.05, 4.69) is 9.97 Å². The van der Waals surface area contributed by atoms with E-state index in [0.29, 0.717) is 58.9 Å². The third-order valence-electron chi connectivity index (χ3n) is 5.05. The van der Waals surface area contributed by atoms with E-state index in [4.69, 9.17) is 4.74 Å². The first-order valence-corrected chi connectivity index (χ1v) is 10.5. The molecule has 0 atom stereocenters. The van der Waals surface area contributed by atoms with Crippen molar-refractivity contribution in [1.29, 1.82) is 0 Å². The van der Waals surface area contributed by atoms with Gasteiger partial charge < -0.3 is 14.6 Å². The molecule has 2 aromatic rings. The van der Waals surface area contributed by atoms with Crippen LogP contribution in [0.2, 0.25) is 0 Å². The normalized spacial score (nSPS) is 20.2. The Morgan fingerprint density at radius 1 is 1.07 bits per heavy atom. The van der Waals surface area contributed by atoms with E-state index in [0.717, 1.165) is 16.6 Å². The number of nitrogens with one attached hydrogen (secondary N) is 1. The molecule has 0 unspecified atom stereocenters. The van der Waals surface area contributed by atoms with Crippen molar-refractivity contribution in [3.05, 3.63) is 30.1 Å². The Bertz CT molecular complexity index is 914. The van der Waals surface area contributed by atoms with Gasteiger partial charge in [-0.2, -0.15) is 17.0 Å². The number of hydrogen-bond acceptors (Lipinski definition) is 5. The molecule has 9 nitrogen and oxygen atoms in total. The number of carbonyl (C=O) groups is 1. The molecule has 1 N–H and O–H groups in total. The molecule has 4 rings (SSSR count). The summed E-state index contributed by atoms with van der Waals surface area (Å²) in [4.78, 5) is 21.6. The molecule has 1 aromatic heterocycles. The summed E-state index contributed by atoms with van der Waals surface area (Å²) < 4.78 is 33.5. The molecular formula is C17H23N5O4S. The van der Waals surface area contributed by atoms with Crippen LogP contribution in [0.3, 0.4) is 0 Å². The van der Waals surface area contributed by atoms with Crippen LogP contribution < -0.4 is 0 Å². The Kier molecular flexibility index (Phi) is 5.13. The van der Waals surface area contributed by atoms with Gasteiger partial charge in [0.1, 0.15) is 0 Å². The summed E-state index contributed by atoms with van der Waals surface area (Å²) in [6.45, 7) is 3.10. The van der Waals surface area contributed by atoms with Gasteiger partial charge in [0, 0.05) is 39.3 Å². The summed E-state index contributed by atoms with van der Waals surface area (Å²) in [5.41, 5.74) is 2.69. The van der Waals surface area contributed by atoms with Crippen LogP contribution in [0.15, 0.2) is 24.5 Å². The Morgan fingerprint density at radius 2 is 1.78 bits per heavy atom. The lowest BCUT2D eigenvalue weighted by Gasteiger charge is -2.37. The minimum atomic E-state index is -3.47. The fourth-order valence-electron chi connectivity index (χ4n) is 3.49. The minimum absolute atomic E-state index is 0.0114. The number of H-pyrrole nitrogens is 1. The lowest BCUT2D eigenvalue weighted by molar-refractivity contribution is -0.131. The number of amides is 1. The Hall–Kier alpha value is -2.01. The third kappa shape index (κ3) is 3.84. The molecule has 2 fully saturated rings. The largest absolute Gasteiger partial charge is 0.379 e. The number of imidazole rings is 1. The van der Waals surface area contributed by atoms with Crippen molar-refractivity contribution in [2.45, 2.75) is 6.42 Å². The Balaban J connectivity index is 1.34. The van der Waals surface area contributed by atoms with Crippen LogP contribution in [0.1, 0.15) is 5.56 Å². The Labute approximate surface area is 158 Å². The first-order chi connectivity index (χ1) is 13.0. The summed E-state index contributed by atoms with van der Waals surface area (Å²) in [7, 11) is -3.47. The molecule has 0 spiro atoms. The molecule has 146 valence electrons. The first kappa shape index (κ1) is 18.4. The van der Waals surface area contributed by atoms with Crippen LogP contribution in [0.25, 0.3) is 11.0 Å². The van der Waals surface area contributed by atoms with Crippen molar-refractivity contribution < 1.29 is 17.9 Å². The van der Waals surface area contributed by atoms with E-state index in [-0.39, 0.29) is 5.91 Å². The zero-order chi connectivity index (χ0) is 18.9. The number of piperazine rings is 1. The summed E-state index contributed by atoms with van der Waals surface area (Å²) in [6, 6.07) is 5.72. The molecule has 0 radical (unpaired) electrons. The smallest absolute Gasteiger partial charge is 0.282 e. The van der Waals surface area contributed by atoms with E-state index >= 15 is 0 Å². The van der Waals surface area contributed by atoms with Crippen LogP contribution >= 0.6 is 0 Å². The highest BCUT2D eigenvalue weighted by Gasteiger charge is 2.34. The second-order valence-electron chi connectivity index (χ2n) is 6.73. The predicted molar refractivity (Wildman–Crippen MR) is 99.3 cm³/mol. The maximum absolute atomic E-state index is 12.7. The highest BCUT2D eigenvalue weighted by atomic mass is 32.2. The van der Waals surface area contributed by atoms with Gasteiger partial charge in [0.15, 0.2) is 0 Å². The van der Waals surface area contributed by atoms with Crippen LogP contribution in [0.4, 0.5) is 0 Å².